The van der Waals surface area contributed by atoms with Crippen molar-refractivity contribution in [2.75, 3.05) is 31.3 Å². The van der Waals surface area contributed by atoms with Gasteiger partial charge in [0.25, 0.3) is 5.69 Å². The van der Waals surface area contributed by atoms with E-state index in [2.05, 4.69) is 10.2 Å². The molecule has 10 nitrogen and oxygen atoms in total. The van der Waals surface area contributed by atoms with Gasteiger partial charge in [-0.1, -0.05) is 81.4 Å². The Bertz CT molecular complexity index is 1680. The van der Waals surface area contributed by atoms with E-state index in [1.54, 1.807) is 19.1 Å². The van der Waals surface area contributed by atoms with Gasteiger partial charge in [-0.05, 0) is 36.6 Å². The van der Waals surface area contributed by atoms with Crippen molar-refractivity contribution in [2.24, 2.45) is 5.41 Å². The smallest absolute Gasteiger partial charge is 0.360 e. The molecule has 2 heterocycles. The molecule has 0 amide bonds. The highest BCUT2D eigenvalue weighted by atomic mass is 35.5. The summed E-state index contributed by atoms with van der Waals surface area (Å²) in [6.07, 6.45) is 0.434. The molecule has 1 saturated heterocycles. The second kappa shape index (κ2) is 15.3. The first-order valence-electron chi connectivity index (χ1n) is 15.4. The van der Waals surface area contributed by atoms with Crippen molar-refractivity contribution in [1.82, 2.24) is 5.32 Å². The lowest BCUT2D eigenvalue weighted by Crippen LogP contribution is -2.35. The van der Waals surface area contributed by atoms with Crippen LogP contribution < -0.4 is 10.2 Å². The Kier molecular flexibility index (Phi) is 11.7. The van der Waals surface area contributed by atoms with Crippen LogP contribution in [0.3, 0.4) is 0 Å². The Morgan fingerprint density at radius 1 is 1.04 bits per heavy atom. The molecule has 0 radical (unpaired) electrons. The number of hydrogen-bond acceptors (Lipinski definition) is 9. The average molecular weight is 682 g/mol. The maximum absolute atomic E-state index is 14.4. The minimum absolute atomic E-state index is 0. The first-order chi connectivity index (χ1) is 22.0. The Labute approximate surface area is 281 Å². The molecule has 12 heteroatoms. The number of ether oxygens (including phenoxy) is 1. The minimum atomic E-state index is -3.92. The van der Waals surface area contributed by atoms with Crippen LogP contribution in [0.2, 0.25) is 0 Å². The molecular weight excluding hydrogens is 641 g/mol. The molecule has 250 valence electrons. The van der Waals surface area contributed by atoms with Crippen molar-refractivity contribution < 1.29 is 28.1 Å². The summed E-state index contributed by atoms with van der Waals surface area (Å²) >= 11 is 0. The van der Waals surface area contributed by atoms with Gasteiger partial charge in [0, 0.05) is 41.2 Å². The molecular formula is C35H41ClN3O7P. The van der Waals surface area contributed by atoms with Crippen LogP contribution in [0, 0.1) is 15.5 Å². The van der Waals surface area contributed by atoms with Gasteiger partial charge in [0.05, 0.1) is 41.5 Å². The summed E-state index contributed by atoms with van der Waals surface area (Å²) in [5.41, 5.74) is 3.34. The van der Waals surface area contributed by atoms with Crippen LogP contribution in [0.1, 0.15) is 51.2 Å². The average Bonchev–Trinajstić information content (AvgIpc) is 3.06. The number of carbonyl (C=O) groups excluding carboxylic acids is 1. The highest BCUT2D eigenvalue weighted by molar-refractivity contribution is 7.58. The summed E-state index contributed by atoms with van der Waals surface area (Å²) in [6, 6.07) is 26.0. The van der Waals surface area contributed by atoms with Crippen molar-refractivity contribution in [3.8, 4) is 0 Å². The Morgan fingerprint density at radius 2 is 1.68 bits per heavy atom. The molecule has 0 aromatic heterocycles. The van der Waals surface area contributed by atoms with E-state index in [-0.39, 0.29) is 54.2 Å². The largest absolute Gasteiger partial charge is 0.460 e. The van der Waals surface area contributed by atoms with Crippen LogP contribution in [-0.2, 0) is 29.7 Å². The van der Waals surface area contributed by atoms with E-state index in [0.717, 1.165) is 11.3 Å². The van der Waals surface area contributed by atoms with Gasteiger partial charge in [-0.3, -0.25) is 14.7 Å². The van der Waals surface area contributed by atoms with E-state index >= 15 is 0 Å². The highest BCUT2D eigenvalue weighted by Crippen LogP contribution is 2.66. The zero-order valence-corrected chi connectivity index (χ0v) is 28.7. The molecule has 2 aliphatic heterocycles. The summed E-state index contributed by atoms with van der Waals surface area (Å²) in [6.45, 7) is 9.01. The predicted octanol–water partition coefficient (Wildman–Crippen LogP) is 8.12. The zero-order valence-electron chi connectivity index (χ0n) is 27.0. The number of halogens is 1. The first kappa shape index (κ1) is 35.9. The van der Waals surface area contributed by atoms with E-state index in [0.29, 0.717) is 36.5 Å². The third kappa shape index (κ3) is 8.32. The van der Waals surface area contributed by atoms with Gasteiger partial charge in [0.15, 0.2) is 0 Å². The SMILES string of the molecule is CCC1=C(C(=O)OCCN(Cc2ccccc2)c2ccccc2)C(c2cccc([N+](=O)[O-])c2)C(P2(=O)OCC(C)(C)CO2)=C(C)N1.Cl. The van der Waals surface area contributed by atoms with Gasteiger partial charge in [0.1, 0.15) is 6.61 Å². The summed E-state index contributed by atoms with van der Waals surface area (Å²) < 4.78 is 32.3. The van der Waals surface area contributed by atoms with Gasteiger partial charge in [-0.2, -0.15) is 0 Å². The van der Waals surface area contributed by atoms with Crippen LogP contribution >= 0.6 is 20.0 Å². The van der Waals surface area contributed by atoms with Crippen LogP contribution in [-0.4, -0.2) is 37.3 Å². The number of benzene rings is 3. The number of nitro groups is 1. The van der Waals surface area contributed by atoms with E-state index in [1.165, 1.54) is 12.1 Å². The van der Waals surface area contributed by atoms with Crippen molar-refractivity contribution in [3.05, 3.63) is 128 Å². The molecule has 1 fully saturated rings. The second-order valence-corrected chi connectivity index (χ2v) is 14.2. The zero-order chi connectivity index (χ0) is 32.9. The van der Waals surface area contributed by atoms with E-state index < -0.39 is 24.4 Å². The third-order valence-electron chi connectivity index (χ3n) is 8.08. The molecule has 0 aliphatic carbocycles. The number of hydrogen-bond donors (Lipinski definition) is 1. The number of esters is 1. The number of carbonyl (C=O) groups is 1. The van der Waals surface area contributed by atoms with Crippen molar-refractivity contribution in [3.63, 3.8) is 0 Å². The lowest BCUT2D eigenvalue weighted by atomic mass is 9.85. The lowest BCUT2D eigenvalue weighted by Gasteiger charge is -2.40. The fourth-order valence-corrected chi connectivity index (χ4v) is 8.17. The molecule has 1 unspecified atom stereocenters. The van der Waals surface area contributed by atoms with Gasteiger partial charge in [0.2, 0.25) is 0 Å². The van der Waals surface area contributed by atoms with Gasteiger partial charge in [-0.25, -0.2) is 4.79 Å². The van der Waals surface area contributed by atoms with Crippen LogP contribution in [0.5, 0.6) is 0 Å². The lowest BCUT2D eigenvalue weighted by molar-refractivity contribution is -0.384. The molecule has 1 N–H and O–H groups in total. The molecule has 1 atom stereocenters. The van der Waals surface area contributed by atoms with Gasteiger partial charge < -0.3 is 24.0 Å². The maximum atomic E-state index is 14.4. The Hall–Kier alpha value is -3.95. The number of nitrogens with zero attached hydrogens (tertiary/aromatic N) is 2. The molecule has 47 heavy (non-hydrogen) atoms. The number of anilines is 1. The number of rotatable bonds is 11. The van der Waals surface area contributed by atoms with E-state index in [9.17, 15) is 19.5 Å². The fraction of sp³-hybridized carbons (Fsp3) is 0.343. The van der Waals surface area contributed by atoms with E-state index in [4.69, 9.17) is 13.8 Å². The standard InChI is InChI=1S/C35H40N3O7P.ClH/c1-5-30-32(34(39)43-20-19-37(28-16-10-7-11-17-28)22-26-13-8-6-9-14-26)31(27-15-12-18-29(21-27)38(40)41)33(25(2)36-30)46(42)44-23-35(3,4)24-45-46;/h6-18,21,31,36H,5,19-20,22-24H2,1-4H3;1H. The number of allylic oxidation sites excluding steroid dienone is 3. The summed E-state index contributed by atoms with van der Waals surface area (Å²) in [7, 11) is -3.92. The molecule has 0 bridgehead atoms. The number of non-ortho nitro benzene ring substituents is 1. The molecule has 3 aromatic rings. The van der Waals surface area contributed by atoms with Gasteiger partial charge in [-0.15, -0.1) is 12.4 Å². The molecule has 3 aromatic carbocycles. The number of nitro benzene ring substituents is 1. The van der Waals surface area contributed by atoms with Crippen molar-refractivity contribution in [1.29, 1.82) is 0 Å². The topological polar surface area (TPSA) is 120 Å². The summed E-state index contributed by atoms with van der Waals surface area (Å²) in [5.74, 6) is -1.56. The van der Waals surface area contributed by atoms with Crippen LogP contribution in [0.4, 0.5) is 11.4 Å². The van der Waals surface area contributed by atoms with Crippen molar-refractivity contribution >= 4 is 37.3 Å². The third-order valence-corrected chi connectivity index (χ3v) is 10.2. The number of para-hydroxylation sites is 1. The number of nitrogens with one attached hydrogen (secondary N) is 1. The molecule has 2 aliphatic rings. The predicted molar refractivity (Wildman–Crippen MR) is 184 cm³/mol. The van der Waals surface area contributed by atoms with Crippen LogP contribution in [0.25, 0.3) is 0 Å². The Balaban J connectivity index is 0.00000500. The van der Waals surface area contributed by atoms with Crippen molar-refractivity contribution in [2.45, 2.75) is 46.6 Å². The number of dihydropyridines is 1. The van der Waals surface area contributed by atoms with Gasteiger partial charge >= 0.3 is 13.6 Å². The molecule has 0 saturated carbocycles. The highest BCUT2D eigenvalue weighted by Gasteiger charge is 2.48. The monoisotopic (exact) mass is 681 g/mol. The molecule has 5 rings (SSSR count). The fourth-order valence-electron chi connectivity index (χ4n) is 5.72. The van der Waals surface area contributed by atoms with Crippen LogP contribution in [0.15, 0.2) is 107 Å². The maximum Gasteiger partial charge on any atom is 0.360 e. The van der Waals surface area contributed by atoms with E-state index in [1.807, 2.05) is 81.4 Å². The normalized spacial score (nSPS) is 18.5. The summed E-state index contributed by atoms with van der Waals surface area (Å²) in [4.78, 5) is 27.5. The first-order valence-corrected chi connectivity index (χ1v) is 16.9. The minimum Gasteiger partial charge on any atom is -0.460 e. The molecule has 0 spiro atoms. The Morgan fingerprint density at radius 3 is 2.30 bits per heavy atom. The second-order valence-electron chi connectivity index (χ2n) is 12.3. The summed E-state index contributed by atoms with van der Waals surface area (Å²) in [5, 5.41) is 15.3. The quantitative estimate of drug-likeness (QED) is 0.0926.